The van der Waals surface area contributed by atoms with Gasteiger partial charge in [0.05, 0.1) is 0 Å². The summed E-state index contributed by atoms with van der Waals surface area (Å²) in [6.07, 6.45) is 6.07. The molecule has 2 nitrogen and oxygen atoms in total. The van der Waals surface area contributed by atoms with Crippen molar-refractivity contribution in [1.29, 1.82) is 0 Å². The molecule has 0 aliphatic carbocycles. The van der Waals surface area contributed by atoms with Crippen molar-refractivity contribution in [1.82, 2.24) is 9.88 Å². The van der Waals surface area contributed by atoms with Crippen molar-refractivity contribution in [3.05, 3.63) is 28.0 Å². The summed E-state index contributed by atoms with van der Waals surface area (Å²) in [6.45, 7) is 6.79. The van der Waals surface area contributed by atoms with E-state index in [0.717, 1.165) is 11.2 Å². The molecule has 1 atom stereocenters. The molecule has 1 aromatic rings. The van der Waals surface area contributed by atoms with E-state index < -0.39 is 0 Å². The molecule has 1 saturated heterocycles. The van der Waals surface area contributed by atoms with Crippen molar-refractivity contribution in [2.45, 2.75) is 39.2 Å². The topological polar surface area (TPSA) is 19.0 Å². The van der Waals surface area contributed by atoms with E-state index in [4.69, 9.17) is 12.2 Å². The Morgan fingerprint density at radius 1 is 1.50 bits per heavy atom. The Bertz CT molecular complexity index is 411. The number of nitrogens with zero attached hydrogens (tertiary/aromatic N) is 1. The zero-order valence-electron chi connectivity index (χ0n) is 10.1. The highest BCUT2D eigenvalue weighted by atomic mass is 32.1. The van der Waals surface area contributed by atoms with E-state index in [9.17, 15) is 0 Å². The van der Waals surface area contributed by atoms with Crippen molar-refractivity contribution >= 4 is 12.2 Å². The van der Waals surface area contributed by atoms with Gasteiger partial charge in [-0.05, 0) is 50.0 Å². The second-order valence-corrected chi connectivity index (χ2v) is 5.02. The fourth-order valence-corrected chi connectivity index (χ4v) is 2.90. The van der Waals surface area contributed by atoms with Crippen molar-refractivity contribution in [3.8, 4) is 0 Å². The van der Waals surface area contributed by atoms with Gasteiger partial charge in [-0.25, -0.2) is 0 Å². The number of aromatic nitrogens is 1. The molecule has 1 aliphatic heterocycles. The van der Waals surface area contributed by atoms with Crippen LogP contribution in [-0.4, -0.2) is 23.0 Å². The van der Waals surface area contributed by atoms with Gasteiger partial charge in [0.25, 0.3) is 0 Å². The highest BCUT2D eigenvalue weighted by molar-refractivity contribution is 7.71. The molecule has 1 aromatic heterocycles. The summed E-state index contributed by atoms with van der Waals surface area (Å²) in [7, 11) is 0. The summed E-state index contributed by atoms with van der Waals surface area (Å²) in [5, 5.41) is 0. The van der Waals surface area contributed by atoms with Crippen LogP contribution in [0.3, 0.4) is 0 Å². The van der Waals surface area contributed by atoms with Gasteiger partial charge in [0.2, 0.25) is 0 Å². The van der Waals surface area contributed by atoms with Gasteiger partial charge in [-0.3, -0.25) is 4.90 Å². The van der Waals surface area contributed by atoms with Crippen molar-refractivity contribution in [2.24, 2.45) is 0 Å². The lowest BCUT2D eigenvalue weighted by Gasteiger charge is -2.35. The fourth-order valence-electron chi connectivity index (χ4n) is 2.67. The number of hydrogen-bond acceptors (Lipinski definition) is 2. The molecule has 0 amide bonds. The lowest BCUT2D eigenvalue weighted by Crippen LogP contribution is -2.33. The first-order valence-corrected chi connectivity index (χ1v) is 6.56. The zero-order chi connectivity index (χ0) is 11.5. The van der Waals surface area contributed by atoms with Crippen LogP contribution in [-0.2, 0) is 0 Å². The Morgan fingerprint density at radius 3 is 3.00 bits per heavy atom. The third-order valence-corrected chi connectivity index (χ3v) is 3.79. The van der Waals surface area contributed by atoms with E-state index in [1.165, 1.54) is 36.9 Å². The second kappa shape index (κ2) is 5.11. The van der Waals surface area contributed by atoms with Crippen LogP contribution in [0.2, 0.25) is 0 Å². The molecular weight excluding hydrogens is 216 g/mol. The highest BCUT2D eigenvalue weighted by Gasteiger charge is 2.23. The molecule has 3 heteroatoms. The molecule has 0 aromatic carbocycles. The third kappa shape index (κ3) is 2.36. The van der Waals surface area contributed by atoms with Gasteiger partial charge in [0.1, 0.15) is 4.64 Å². The summed E-state index contributed by atoms with van der Waals surface area (Å²) in [4.78, 5) is 5.74. The minimum absolute atomic E-state index is 0.589. The first-order chi connectivity index (χ1) is 7.72. The summed E-state index contributed by atoms with van der Waals surface area (Å²) < 4.78 is 0.833. The zero-order valence-corrected chi connectivity index (χ0v) is 10.9. The maximum absolute atomic E-state index is 5.15. The molecule has 1 fully saturated rings. The maximum Gasteiger partial charge on any atom is 0.103 e. The van der Waals surface area contributed by atoms with E-state index >= 15 is 0 Å². The van der Waals surface area contributed by atoms with Crippen LogP contribution in [0.1, 0.15) is 43.4 Å². The van der Waals surface area contributed by atoms with E-state index in [-0.39, 0.29) is 0 Å². The number of likely N-dealkylation sites (tertiary alicyclic amines) is 1. The minimum Gasteiger partial charge on any atom is -0.353 e. The molecule has 88 valence electrons. The standard InChI is InChI=1S/C13H20N2S/c1-3-15-7-5-4-6-12(15)11-9-14-13(16)8-10(11)2/h8-9,12H,3-7H2,1-2H3,(H,14,16). The molecule has 1 unspecified atom stereocenters. The molecule has 0 spiro atoms. The first-order valence-electron chi connectivity index (χ1n) is 6.15. The molecule has 2 rings (SSSR count). The van der Waals surface area contributed by atoms with Gasteiger partial charge in [0.15, 0.2) is 0 Å². The van der Waals surface area contributed by atoms with E-state index in [0.29, 0.717) is 6.04 Å². The molecule has 2 heterocycles. The van der Waals surface area contributed by atoms with Gasteiger partial charge in [-0.15, -0.1) is 0 Å². The van der Waals surface area contributed by atoms with Gasteiger partial charge in [-0.1, -0.05) is 25.6 Å². The van der Waals surface area contributed by atoms with Crippen LogP contribution >= 0.6 is 12.2 Å². The fraction of sp³-hybridized carbons (Fsp3) is 0.615. The van der Waals surface area contributed by atoms with Crippen molar-refractivity contribution in [3.63, 3.8) is 0 Å². The second-order valence-electron chi connectivity index (χ2n) is 4.58. The number of H-pyrrole nitrogens is 1. The van der Waals surface area contributed by atoms with Gasteiger partial charge in [0, 0.05) is 12.2 Å². The molecule has 16 heavy (non-hydrogen) atoms. The first kappa shape index (κ1) is 11.8. The third-order valence-electron chi connectivity index (χ3n) is 3.55. The average Bonchev–Trinajstić information content (AvgIpc) is 2.29. The van der Waals surface area contributed by atoms with E-state index in [1.807, 2.05) is 0 Å². The van der Waals surface area contributed by atoms with Crippen LogP contribution < -0.4 is 0 Å². The molecule has 0 radical (unpaired) electrons. The largest absolute Gasteiger partial charge is 0.353 e. The Balaban J connectivity index is 2.30. The number of pyridine rings is 1. The maximum atomic E-state index is 5.15. The number of aryl methyl sites for hydroxylation is 1. The van der Waals surface area contributed by atoms with Crippen LogP contribution in [0.25, 0.3) is 0 Å². The number of rotatable bonds is 2. The Labute approximate surface area is 103 Å². The monoisotopic (exact) mass is 236 g/mol. The smallest absolute Gasteiger partial charge is 0.103 e. The van der Waals surface area contributed by atoms with E-state index in [2.05, 4.69) is 36.0 Å². The number of piperidine rings is 1. The van der Waals surface area contributed by atoms with Crippen LogP contribution in [0.15, 0.2) is 12.3 Å². The van der Waals surface area contributed by atoms with E-state index in [1.54, 1.807) is 0 Å². The molecule has 1 aliphatic rings. The predicted octanol–water partition coefficient (Wildman–Crippen LogP) is 3.60. The number of aromatic amines is 1. The molecule has 0 saturated carbocycles. The van der Waals surface area contributed by atoms with Crippen LogP contribution in [0.4, 0.5) is 0 Å². The van der Waals surface area contributed by atoms with Gasteiger partial charge in [-0.2, -0.15) is 0 Å². The molecule has 1 N–H and O–H groups in total. The summed E-state index contributed by atoms with van der Waals surface area (Å²) in [6, 6.07) is 2.67. The quantitative estimate of drug-likeness (QED) is 0.791. The van der Waals surface area contributed by atoms with Crippen molar-refractivity contribution in [2.75, 3.05) is 13.1 Å². The lowest BCUT2D eigenvalue weighted by molar-refractivity contribution is 0.156. The van der Waals surface area contributed by atoms with Gasteiger partial charge < -0.3 is 4.98 Å². The summed E-state index contributed by atoms with van der Waals surface area (Å²) in [5.74, 6) is 0. The molecule has 0 bridgehead atoms. The average molecular weight is 236 g/mol. The Morgan fingerprint density at radius 2 is 2.31 bits per heavy atom. The number of nitrogens with one attached hydrogen (secondary N) is 1. The Kier molecular flexibility index (Phi) is 3.77. The highest BCUT2D eigenvalue weighted by Crippen LogP contribution is 2.31. The van der Waals surface area contributed by atoms with Crippen LogP contribution in [0.5, 0.6) is 0 Å². The normalized spacial score (nSPS) is 22.2. The summed E-state index contributed by atoms with van der Waals surface area (Å²) in [5.41, 5.74) is 2.75. The molecular formula is C13H20N2S. The Hall–Kier alpha value is -0.670. The van der Waals surface area contributed by atoms with Crippen LogP contribution in [0, 0.1) is 11.6 Å². The SMILES string of the molecule is CCN1CCCCC1c1c[nH]c(=S)cc1C. The lowest BCUT2D eigenvalue weighted by atomic mass is 9.94. The summed E-state index contributed by atoms with van der Waals surface area (Å²) >= 11 is 5.15. The minimum atomic E-state index is 0.589. The predicted molar refractivity (Wildman–Crippen MR) is 70.2 cm³/mol. The van der Waals surface area contributed by atoms with Gasteiger partial charge >= 0.3 is 0 Å². The van der Waals surface area contributed by atoms with Crippen molar-refractivity contribution < 1.29 is 0 Å². The number of hydrogen-bond donors (Lipinski definition) is 1.